The van der Waals surface area contributed by atoms with Crippen LogP contribution in [0.3, 0.4) is 0 Å². The van der Waals surface area contributed by atoms with Gasteiger partial charge >= 0.3 is 0 Å². The molecule has 0 bridgehead atoms. The van der Waals surface area contributed by atoms with Gasteiger partial charge in [-0.25, -0.2) is 0 Å². The summed E-state index contributed by atoms with van der Waals surface area (Å²) in [5.41, 5.74) is 2.95. The molecule has 2 aromatic rings. The fraction of sp³-hybridized carbons (Fsp3) is 0.429. The highest BCUT2D eigenvalue weighted by atomic mass is 32.1. The average molecular weight is 369 g/mol. The molecule has 1 aliphatic carbocycles. The molecule has 1 aliphatic heterocycles. The van der Waals surface area contributed by atoms with Crippen LogP contribution in [-0.4, -0.2) is 53.7 Å². The first-order valence-corrected chi connectivity index (χ1v) is 10.1. The Bertz CT molecular complexity index is 804. The molecule has 1 fully saturated rings. The molecule has 1 amide bonds. The number of fused-ring (bicyclic) bond motifs is 1. The van der Waals surface area contributed by atoms with E-state index in [0.29, 0.717) is 15.8 Å². The molecule has 5 heteroatoms. The highest BCUT2D eigenvalue weighted by Crippen LogP contribution is 2.26. The van der Waals surface area contributed by atoms with Crippen LogP contribution in [0.2, 0.25) is 0 Å². The number of Topliss-reactive ketones (excluding diaryl/α,β-unsaturated/α-hetero) is 1. The number of rotatable bonds is 3. The van der Waals surface area contributed by atoms with Crippen molar-refractivity contribution < 1.29 is 9.59 Å². The number of carbonyl (C=O) groups is 2. The summed E-state index contributed by atoms with van der Waals surface area (Å²) in [4.78, 5) is 30.1. The lowest BCUT2D eigenvalue weighted by atomic mass is 10.1. The van der Waals surface area contributed by atoms with Crippen molar-refractivity contribution in [2.24, 2.45) is 0 Å². The van der Waals surface area contributed by atoms with E-state index in [9.17, 15) is 9.59 Å². The summed E-state index contributed by atoms with van der Waals surface area (Å²) in [6.45, 7) is 5.08. The van der Waals surface area contributed by atoms with Crippen LogP contribution >= 0.6 is 11.3 Å². The van der Waals surface area contributed by atoms with E-state index in [4.69, 9.17) is 0 Å². The van der Waals surface area contributed by atoms with Gasteiger partial charge in [0.05, 0.1) is 9.75 Å². The van der Waals surface area contributed by atoms with Crippen LogP contribution in [0.15, 0.2) is 36.4 Å². The third-order valence-electron chi connectivity index (χ3n) is 5.53. The van der Waals surface area contributed by atoms with Crippen LogP contribution in [-0.2, 0) is 12.8 Å². The van der Waals surface area contributed by atoms with Crippen LogP contribution < -0.4 is 0 Å². The van der Waals surface area contributed by atoms with E-state index in [0.717, 1.165) is 45.4 Å². The third-order valence-corrected chi connectivity index (χ3v) is 6.70. The van der Waals surface area contributed by atoms with Gasteiger partial charge in [0.15, 0.2) is 5.78 Å². The van der Waals surface area contributed by atoms with Crippen molar-refractivity contribution >= 4 is 23.0 Å². The number of nitrogens with zero attached hydrogens (tertiary/aromatic N) is 2. The molecule has 0 N–H and O–H groups in total. The van der Waals surface area contributed by atoms with Crippen LogP contribution in [0, 0.1) is 0 Å². The zero-order valence-electron chi connectivity index (χ0n) is 15.1. The summed E-state index contributed by atoms with van der Waals surface area (Å²) in [6, 6.07) is 12.9. The van der Waals surface area contributed by atoms with Crippen molar-refractivity contribution in [1.29, 1.82) is 0 Å². The second kappa shape index (κ2) is 7.33. The molecule has 4 nitrogen and oxygen atoms in total. The van der Waals surface area contributed by atoms with Crippen LogP contribution in [0.25, 0.3) is 0 Å². The van der Waals surface area contributed by atoms with Crippen molar-refractivity contribution in [2.45, 2.75) is 32.2 Å². The number of hydrogen-bond acceptors (Lipinski definition) is 4. The number of carbonyl (C=O) groups excluding carboxylic acids is 2. The quantitative estimate of drug-likeness (QED) is 0.781. The van der Waals surface area contributed by atoms with Crippen LogP contribution in [0.1, 0.15) is 43.8 Å². The fourth-order valence-electron chi connectivity index (χ4n) is 4.10. The minimum atomic E-state index is 0.0249. The predicted octanol–water partition coefficient (Wildman–Crippen LogP) is 3.27. The van der Waals surface area contributed by atoms with E-state index in [-0.39, 0.29) is 11.7 Å². The highest BCUT2D eigenvalue weighted by molar-refractivity contribution is 7.15. The standard InChI is InChI=1S/C21H24N2O2S/c1-15(24)19-7-8-20(26-19)21(25)23-10-4-9-22(11-12-23)18-13-16-5-2-3-6-17(16)14-18/h2-3,5-8,18H,4,9-14H2,1H3. The van der Waals surface area contributed by atoms with Crippen LogP contribution in [0.5, 0.6) is 0 Å². The van der Waals surface area contributed by atoms with Gasteiger partial charge in [0.2, 0.25) is 0 Å². The lowest BCUT2D eigenvalue weighted by Crippen LogP contribution is -2.40. The van der Waals surface area contributed by atoms with Gasteiger partial charge in [0.25, 0.3) is 5.91 Å². The number of benzene rings is 1. The summed E-state index contributed by atoms with van der Waals surface area (Å²) in [7, 11) is 0. The molecule has 0 unspecified atom stereocenters. The van der Waals surface area contributed by atoms with E-state index in [1.54, 1.807) is 19.1 Å². The first-order chi connectivity index (χ1) is 12.6. The highest BCUT2D eigenvalue weighted by Gasteiger charge is 2.29. The molecule has 0 spiro atoms. The number of hydrogen-bond donors (Lipinski definition) is 0. The number of amides is 1. The van der Waals surface area contributed by atoms with Crippen molar-refractivity contribution in [3.05, 3.63) is 57.3 Å². The van der Waals surface area contributed by atoms with Gasteiger partial charge in [-0.1, -0.05) is 24.3 Å². The van der Waals surface area contributed by atoms with Gasteiger partial charge < -0.3 is 4.90 Å². The maximum Gasteiger partial charge on any atom is 0.263 e. The van der Waals surface area contributed by atoms with E-state index in [1.807, 2.05) is 4.90 Å². The summed E-state index contributed by atoms with van der Waals surface area (Å²) in [5.74, 6) is 0.0935. The van der Waals surface area contributed by atoms with Crippen molar-refractivity contribution in [2.75, 3.05) is 26.2 Å². The molecular formula is C21H24N2O2S. The molecule has 1 saturated heterocycles. The minimum absolute atomic E-state index is 0.0249. The van der Waals surface area contributed by atoms with Crippen molar-refractivity contribution in [3.63, 3.8) is 0 Å². The molecule has 2 aliphatic rings. The molecule has 4 rings (SSSR count). The maximum atomic E-state index is 12.8. The van der Waals surface area contributed by atoms with Crippen LogP contribution in [0.4, 0.5) is 0 Å². The van der Waals surface area contributed by atoms with Gasteiger partial charge in [-0.15, -0.1) is 11.3 Å². The molecule has 136 valence electrons. The monoisotopic (exact) mass is 368 g/mol. The fourth-order valence-corrected chi connectivity index (χ4v) is 4.97. The van der Waals surface area contributed by atoms with Gasteiger partial charge in [0, 0.05) is 32.2 Å². The Morgan fingerprint density at radius 1 is 0.923 bits per heavy atom. The molecule has 1 aromatic heterocycles. The Morgan fingerprint density at radius 2 is 1.62 bits per heavy atom. The van der Waals surface area contributed by atoms with Gasteiger partial charge in [-0.05, 0) is 49.4 Å². The third kappa shape index (κ3) is 3.46. The first kappa shape index (κ1) is 17.4. The zero-order chi connectivity index (χ0) is 18.1. The van der Waals surface area contributed by atoms with Crippen molar-refractivity contribution in [3.8, 4) is 0 Å². The van der Waals surface area contributed by atoms with Gasteiger partial charge in [-0.2, -0.15) is 0 Å². The van der Waals surface area contributed by atoms with E-state index < -0.39 is 0 Å². The molecule has 2 heterocycles. The molecule has 26 heavy (non-hydrogen) atoms. The summed E-state index contributed by atoms with van der Waals surface area (Å²) < 4.78 is 0. The van der Waals surface area contributed by atoms with Gasteiger partial charge in [-0.3, -0.25) is 14.5 Å². The first-order valence-electron chi connectivity index (χ1n) is 9.32. The zero-order valence-corrected chi connectivity index (χ0v) is 15.9. The molecule has 0 saturated carbocycles. The summed E-state index contributed by atoms with van der Waals surface area (Å²) in [6.07, 6.45) is 3.25. The smallest absolute Gasteiger partial charge is 0.263 e. The average Bonchev–Trinajstić information content (AvgIpc) is 3.22. The summed E-state index contributed by atoms with van der Waals surface area (Å²) >= 11 is 1.31. The second-order valence-corrected chi connectivity index (χ2v) is 8.32. The maximum absolute atomic E-state index is 12.8. The second-order valence-electron chi connectivity index (χ2n) is 7.23. The van der Waals surface area contributed by atoms with Crippen molar-refractivity contribution in [1.82, 2.24) is 9.80 Å². The minimum Gasteiger partial charge on any atom is -0.337 e. The van der Waals surface area contributed by atoms with Gasteiger partial charge in [0.1, 0.15) is 0 Å². The SMILES string of the molecule is CC(=O)c1ccc(C(=O)N2CCCN(C3Cc4ccccc4C3)CC2)s1. The lowest BCUT2D eigenvalue weighted by molar-refractivity contribution is 0.0763. The Morgan fingerprint density at radius 3 is 2.27 bits per heavy atom. The number of thiophene rings is 1. The summed E-state index contributed by atoms with van der Waals surface area (Å²) in [5, 5.41) is 0. The normalized spacial score (nSPS) is 18.6. The lowest BCUT2D eigenvalue weighted by Gasteiger charge is -2.27. The molecular weight excluding hydrogens is 344 g/mol. The topological polar surface area (TPSA) is 40.6 Å². The Hall–Kier alpha value is -1.98. The Kier molecular flexibility index (Phi) is 4.92. The van der Waals surface area contributed by atoms with E-state index >= 15 is 0 Å². The number of ketones is 1. The Labute approximate surface area is 158 Å². The molecule has 0 atom stereocenters. The predicted molar refractivity (Wildman–Crippen MR) is 104 cm³/mol. The largest absolute Gasteiger partial charge is 0.337 e. The Balaban J connectivity index is 1.39. The molecule has 1 aromatic carbocycles. The van der Waals surface area contributed by atoms with E-state index in [2.05, 4.69) is 29.2 Å². The molecule has 0 radical (unpaired) electrons. The van der Waals surface area contributed by atoms with E-state index in [1.165, 1.54) is 22.5 Å².